The lowest BCUT2D eigenvalue weighted by Gasteiger charge is -2.34. The number of carbonyl (C=O) groups is 1. The monoisotopic (exact) mass is 398 g/mol. The van der Waals surface area contributed by atoms with Gasteiger partial charge in [-0.15, -0.1) is 0 Å². The molecular formula is C17H19IO3. The van der Waals surface area contributed by atoms with E-state index in [1.165, 1.54) is 16.2 Å². The molecule has 2 rings (SSSR count). The summed E-state index contributed by atoms with van der Waals surface area (Å²) in [6.07, 6.45) is 4.29. The number of halogens is 1. The first-order valence-electron chi connectivity index (χ1n) is 6.72. The molecule has 1 unspecified atom stereocenters. The van der Waals surface area contributed by atoms with Crippen molar-refractivity contribution in [2.75, 3.05) is 14.2 Å². The maximum atomic E-state index is 11.7. The number of hydrogen-bond acceptors (Lipinski definition) is 3. The molecule has 3 nitrogen and oxygen atoms in total. The van der Waals surface area contributed by atoms with Crippen molar-refractivity contribution >= 4 is 34.1 Å². The molecule has 1 aromatic rings. The number of rotatable bonds is 3. The minimum Gasteiger partial charge on any atom is -0.466 e. The van der Waals surface area contributed by atoms with Crippen LogP contribution < -0.4 is 0 Å². The third-order valence-corrected chi connectivity index (χ3v) is 5.09. The SMILES string of the molecule is COC(=O)C1=CC=C(c2ccc(C)c(I)c2)C(C)(OC)C1. The predicted molar refractivity (Wildman–Crippen MR) is 92.0 cm³/mol. The van der Waals surface area contributed by atoms with Gasteiger partial charge in [0, 0.05) is 22.7 Å². The van der Waals surface area contributed by atoms with Gasteiger partial charge in [-0.3, -0.25) is 0 Å². The Balaban J connectivity index is 2.48. The number of allylic oxidation sites excluding steroid dienone is 2. The van der Waals surface area contributed by atoms with Gasteiger partial charge in [-0.05, 0) is 59.2 Å². The Kier molecular flexibility index (Phi) is 4.88. The normalized spacial score (nSPS) is 21.6. The maximum Gasteiger partial charge on any atom is 0.333 e. The van der Waals surface area contributed by atoms with Crippen LogP contribution in [0.1, 0.15) is 24.5 Å². The average molecular weight is 398 g/mol. The third-order valence-electron chi connectivity index (χ3n) is 3.93. The topological polar surface area (TPSA) is 35.5 Å². The van der Waals surface area contributed by atoms with Crippen molar-refractivity contribution < 1.29 is 14.3 Å². The Morgan fingerprint density at radius 1 is 1.29 bits per heavy atom. The van der Waals surface area contributed by atoms with Crippen LogP contribution >= 0.6 is 22.6 Å². The summed E-state index contributed by atoms with van der Waals surface area (Å²) < 4.78 is 11.7. The van der Waals surface area contributed by atoms with E-state index in [1.807, 2.05) is 19.1 Å². The second kappa shape index (κ2) is 6.32. The molecule has 0 amide bonds. The molecule has 4 heteroatoms. The molecule has 0 aliphatic heterocycles. The van der Waals surface area contributed by atoms with Crippen LogP contribution in [0.2, 0.25) is 0 Å². The zero-order valence-corrected chi connectivity index (χ0v) is 14.9. The molecule has 0 spiro atoms. The van der Waals surface area contributed by atoms with Gasteiger partial charge in [0.2, 0.25) is 0 Å². The Bertz CT molecular complexity index is 631. The van der Waals surface area contributed by atoms with Gasteiger partial charge in [0.1, 0.15) is 0 Å². The van der Waals surface area contributed by atoms with Gasteiger partial charge in [0.05, 0.1) is 12.7 Å². The fourth-order valence-electron chi connectivity index (χ4n) is 2.49. The van der Waals surface area contributed by atoms with Gasteiger partial charge in [-0.1, -0.05) is 24.3 Å². The molecule has 0 bridgehead atoms. The maximum absolute atomic E-state index is 11.7. The largest absolute Gasteiger partial charge is 0.466 e. The van der Waals surface area contributed by atoms with Crippen molar-refractivity contribution in [3.8, 4) is 0 Å². The van der Waals surface area contributed by atoms with E-state index in [9.17, 15) is 4.79 Å². The van der Waals surface area contributed by atoms with E-state index in [0.29, 0.717) is 12.0 Å². The summed E-state index contributed by atoms with van der Waals surface area (Å²) in [6, 6.07) is 6.35. The molecule has 112 valence electrons. The molecule has 1 aromatic carbocycles. The van der Waals surface area contributed by atoms with E-state index < -0.39 is 5.60 Å². The van der Waals surface area contributed by atoms with Gasteiger partial charge in [0.15, 0.2) is 0 Å². The van der Waals surface area contributed by atoms with Crippen molar-refractivity contribution in [3.63, 3.8) is 0 Å². The van der Waals surface area contributed by atoms with Crippen LogP contribution in [0.4, 0.5) is 0 Å². The molecule has 1 aliphatic rings. The summed E-state index contributed by atoms with van der Waals surface area (Å²) >= 11 is 2.33. The molecule has 0 saturated carbocycles. The number of aryl methyl sites for hydroxylation is 1. The van der Waals surface area contributed by atoms with Crippen LogP contribution in [0.5, 0.6) is 0 Å². The van der Waals surface area contributed by atoms with Crippen molar-refractivity contribution in [2.45, 2.75) is 25.9 Å². The number of ether oxygens (including phenoxy) is 2. The van der Waals surface area contributed by atoms with Gasteiger partial charge in [-0.25, -0.2) is 4.79 Å². The molecule has 0 radical (unpaired) electrons. The summed E-state index contributed by atoms with van der Waals surface area (Å²) in [5.74, 6) is -0.299. The molecule has 1 atom stereocenters. The Hall–Kier alpha value is -1.14. The molecule has 0 heterocycles. The number of methoxy groups -OCH3 is 2. The Labute approximate surface area is 139 Å². The summed E-state index contributed by atoms with van der Waals surface area (Å²) in [5, 5.41) is 0. The highest BCUT2D eigenvalue weighted by Gasteiger charge is 2.35. The number of esters is 1. The van der Waals surface area contributed by atoms with Crippen LogP contribution in [-0.2, 0) is 14.3 Å². The van der Waals surface area contributed by atoms with E-state index >= 15 is 0 Å². The highest BCUT2D eigenvalue weighted by Crippen LogP contribution is 2.39. The third kappa shape index (κ3) is 3.21. The molecular weight excluding hydrogens is 379 g/mol. The lowest BCUT2D eigenvalue weighted by atomic mass is 9.80. The van der Waals surface area contributed by atoms with E-state index in [-0.39, 0.29) is 5.97 Å². The van der Waals surface area contributed by atoms with E-state index in [4.69, 9.17) is 9.47 Å². The van der Waals surface area contributed by atoms with Crippen molar-refractivity contribution in [1.82, 2.24) is 0 Å². The highest BCUT2D eigenvalue weighted by atomic mass is 127. The highest BCUT2D eigenvalue weighted by molar-refractivity contribution is 14.1. The van der Waals surface area contributed by atoms with Gasteiger partial charge in [-0.2, -0.15) is 0 Å². The Morgan fingerprint density at radius 2 is 2.00 bits per heavy atom. The lowest BCUT2D eigenvalue weighted by molar-refractivity contribution is -0.136. The molecule has 0 saturated heterocycles. The second-order valence-corrected chi connectivity index (χ2v) is 6.50. The fraction of sp³-hybridized carbons (Fsp3) is 0.353. The first-order chi connectivity index (χ1) is 9.91. The second-order valence-electron chi connectivity index (χ2n) is 5.34. The van der Waals surface area contributed by atoms with Crippen LogP contribution in [0, 0.1) is 10.5 Å². The van der Waals surface area contributed by atoms with Gasteiger partial charge >= 0.3 is 5.97 Å². The van der Waals surface area contributed by atoms with Crippen LogP contribution in [0.15, 0.2) is 35.9 Å². The number of carbonyl (C=O) groups excluding carboxylic acids is 1. The van der Waals surface area contributed by atoms with Crippen LogP contribution in [0.25, 0.3) is 5.57 Å². The van der Waals surface area contributed by atoms with E-state index in [0.717, 1.165) is 11.1 Å². The molecule has 0 aromatic heterocycles. The zero-order chi connectivity index (χ0) is 15.6. The van der Waals surface area contributed by atoms with Crippen LogP contribution in [-0.4, -0.2) is 25.8 Å². The van der Waals surface area contributed by atoms with Crippen LogP contribution in [0.3, 0.4) is 0 Å². The van der Waals surface area contributed by atoms with Crippen molar-refractivity contribution in [3.05, 3.63) is 50.6 Å². The number of benzene rings is 1. The minimum absolute atomic E-state index is 0.299. The van der Waals surface area contributed by atoms with E-state index in [2.05, 4.69) is 47.7 Å². The first kappa shape index (κ1) is 16.2. The fourth-order valence-corrected chi connectivity index (χ4v) is 3.01. The zero-order valence-electron chi connectivity index (χ0n) is 12.7. The summed E-state index contributed by atoms with van der Waals surface area (Å²) in [5.41, 5.74) is 3.55. The molecule has 0 N–H and O–H groups in total. The van der Waals surface area contributed by atoms with E-state index in [1.54, 1.807) is 7.11 Å². The number of hydrogen-bond donors (Lipinski definition) is 0. The quantitative estimate of drug-likeness (QED) is 0.573. The van der Waals surface area contributed by atoms with Crippen molar-refractivity contribution in [1.29, 1.82) is 0 Å². The van der Waals surface area contributed by atoms with Gasteiger partial charge in [0.25, 0.3) is 0 Å². The summed E-state index contributed by atoms with van der Waals surface area (Å²) in [7, 11) is 3.07. The first-order valence-corrected chi connectivity index (χ1v) is 7.80. The minimum atomic E-state index is -0.531. The lowest BCUT2D eigenvalue weighted by Crippen LogP contribution is -2.33. The van der Waals surface area contributed by atoms with Gasteiger partial charge < -0.3 is 9.47 Å². The molecule has 1 aliphatic carbocycles. The molecule has 0 fully saturated rings. The summed E-state index contributed by atoms with van der Waals surface area (Å²) in [4.78, 5) is 11.7. The standard InChI is InChI=1S/C17H19IO3/c1-11-5-6-12(9-15(11)18)14-8-7-13(16(19)20-3)10-17(14,2)21-4/h5-9H,10H2,1-4H3. The Morgan fingerprint density at radius 3 is 2.57 bits per heavy atom. The smallest absolute Gasteiger partial charge is 0.333 e. The van der Waals surface area contributed by atoms with Crippen molar-refractivity contribution in [2.24, 2.45) is 0 Å². The molecule has 21 heavy (non-hydrogen) atoms. The summed E-state index contributed by atoms with van der Waals surface area (Å²) in [6.45, 7) is 4.09. The predicted octanol–water partition coefficient (Wildman–Crippen LogP) is 3.89. The average Bonchev–Trinajstić information content (AvgIpc) is 2.49.